The minimum absolute atomic E-state index is 0.133. The van der Waals surface area contributed by atoms with Gasteiger partial charge in [-0.25, -0.2) is 8.78 Å². The Morgan fingerprint density at radius 2 is 2.00 bits per heavy atom. The maximum absolute atomic E-state index is 13.8. The Kier molecular flexibility index (Phi) is 3.18. The summed E-state index contributed by atoms with van der Waals surface area (Å²) in [6.07, 6.45) is 1.47. The summed E-state index contributed by atoms with van der Waals surface area (Å²) >= 11 is 0. The number of aryl methyl sites for hydroxylation is 1. The lowest BCUT2D eigenvalue weighted by molar-refractivity contribution is 0.0157. The van der Waals surface area contributed by atoms with Gasteiger partial charge in [-0.1, -0.05) is 12.1 Å². The number of alkyl halides is 2. The third kappa shape index (κ3) is 2.25. The van der Waals surface area contributed by atoms with E-state index in [2.05, 4.69) is 5.10 Å². The Bertz CT molecular complexity index is 602. The van der Waals surface area contributed by atoms with Crippen LogP contribution in [0.3, 0.4) is 0 Å². The van der Waals surface area contributed by atoms with E-state index in [1.54, 1.807) is 19.2 Å². The third-order valence-corrected chi connectivity index (χ3v) is 2.96. The molecule has 0 unspecified atom stereocenters. The lowest BCUT2D eigenvalue weighted by atomic mass is 9.96. The summed E-state index contributed by atoms with van der Waals surface area (Å²) in [5.74, 6) is -2.57. The first-order chi connectivity index (χ1) is 8.86. The van der Waals surface area contributed by atoms with Crippen LogP contribution in [-0.2, 0) is 13.0 Å². The number of hydrogen-bond donors (Lipinski definition) is 1. The van der Waals surface area contributed by atoms with Gasteiger partial charge in [-0.3, -0.25) is 4.68 Å². The average molecular weight is 267 g/mol. The topological polar surface area (TPSA) is 53.1 Å². The lowest BCUT2D eigenvalue weighted by Gasteiger charge is -2.19. The van der Waals surface area contributed by atoms with E-state index in [0.717, 1.165) is 6.92 Å². The Labute approximate surface area is 109 Å². The zero-order valence-electron chi connectivity index (χ0n) is 10.9. The van der Waals surface area contributed by atoms with E-state index in [-0.39, 0.29) is 11.3 Å². The van der Waals surface area contributed by atoms with Crippen molar-refractivity contribution in [3.8, 4) is 16.9 Å². The summed E-state index contributed by atoms with van der Waals surface area (Å²) in [6, 6.07) is 4.74. The molecule has 0 aliphatic heterocycles. The standard InChI is InChI=1S/C13H15F2N3O/c1-13(14,15)11-8(5-4-6-10(11)19-3)9-7-17-18(2)12(9)16/h4-7H,16H2,1-3H3. The van der Waals surface area contributed by atoms with E-state index < -0.39 is 5.92 Å². The van der Waals surface area contributed by atoms with Gasteiger partial charge in [-0.2, -0.15) is 5.10 Å². The Morgan fingerprint density at radius 1 is 1.32 bits per heavy atom. The number of hydrogen-bond acceptors (Lipinski definition) is 3. The SMILES string of the molecule is COc1cccc(-c2cnn(C)c2N)c1C(C)(F)F. The van der Waals surface area contributed by atoms with Crippen LogP contribution in [0.4, 0.5) is 14.6 Å². The summed E-state index contributed by atoms with van der Waals surface area (Å²) < 4.78 is 34.1. The first-order valence-corrected chi connectivity index (χ1v) is 5.69. The van der Waals surface area contributed by atoms with Crippen molar-refractivity contribution in [2.45, 2.75) is 12.8 Å². The highest BCUT2D eigenvalue weighted by atomic mass is 19.3. The van der Waals surface area contributed by atoms with Crippen molar-refractivity contribution in [2.75, 3.05) is 12.8 Å². The van der Waals surface area contributed by atoms with Crippen LogP contribution in [0, 0.1) is 0 Å². The maximum Gasteiger partial charge on any atom is 0.274 e. The number of rotatable bonds is 3. The summed E-state index contributed by atoms with van der Waals surface area (Å²) in [4.78, 5) is 0. The van der Waals surface area contributed by atoms with Crippen molar-refractivity contribution in [2.24, 2.45) is 7.05 Å². The molecule has 0 spiro atoms. The molecule has 0 amide bonds. The number of methoxy groups -OCH3 is 1. The van der Waals surface area contributed by atoms with E-state index in [1.807, 2.05) is 0 Å². The van der Waals surface area contributed by atoms with Gasteiger partial charge < -0.3 is 10.5 Å². The fourth-order valence-corrected chi connectivity index (χ4v) is 2.03. The quantitative estimate of drug-likeness (QED) is 0.930. The van der Waals surface area contributed by atoms with Crippen LogP contribution in [0.1, 0.15) is 12.5 Å². The summed E-state index contributed by atoms with van der Waals surface area (Å²) in [7, 11) is 3.02. The van der Waals surface area contributed by atoms with Gasteiger partial charge in [-0.05, 0) is 11.6 Å². The number of ether oxygens (including phenoxy) is 1. The molecule has 2 N–H and O–H groups in total. The smallest absolute Gasteiger partial charge is 0.274 e. The molecule has 19 heavy (non-hydrogen) atoms. The van der Waals surface area contributed by atoms with Crippen LogP contribution in [0.25, 0.3) is 11.1 Å². The van der Waals surface area contributed by atoms with Gasteiger partial charge in [0.1, 0.15) is 11.6 Å². The molecule has 102 valence electrons. The van der Waals surface area contributed by atoms with Crippen molar-refractivity contribution in [1.29, 1.82) is 0 Å². The fraction of sp³-hybridized carbons (Fsp3) is 0.308. The number of nitrogens with two attached hydrogens (primary N) is 1. The first-order valence-electron chi connectivity index (χ1n) is 5.69. The number of aromatic nitrogens is 2. The minimum Gasteiger partial charge on any atom is -0.496 e. The second-order valence-corrected chi connectivity index (χ2v) is 4.34. The average Bonchev–Trinajstić information content (AvgIpc) is 2.68. The number of benzene rings is 1. The monoisotopic (exact) mass is 267 g/mol. The molecule has 0 fully saturated rings. The molecule has 0 aliphatic rings. The second kappa shape index (κ2) is 4.53. The number of nitrogen functional groups attached to an aromatic ring is 1. The maximum atomic E-state index is 13.8. The Hall–Kier alpha value is -2.11. The zero-order valence-corrected chi connectivity index (χ0v) is 10.9. The van der Waals surface area contributed by atoms with Crippen molar-refractivity contribution in [3.05, 3.63) is 30.0 Å². The van der Waals surface area contributed by atoms with Crippen LogP contribution in [-0.4, -0.2) is 16.9 Å². The van der Waals surface area contributed by atoms with Crippen LogP contribution >= 0.6 is 0 Å². The highest BCUT2D eigenvalue weighted by molar-refractivity contribution is 5.78. The van der Waals surface area contributed by atoms with Gasteiger partial charge in [0.05, 0.1) is 18.9 Å². The predicted molar refractivity (Wildman–Crippen MR) is 69.2 cm³/mol. The third-order valence-electron chi connectivity index (χ3n) is 2.96. The van der Waals surface area contributed by atoms with E-state index in [4.69, 9.17) is 10.5 Å². The Morgan fingerprint density at radius 3 is 2.47 bits per heavy atom. The predicted octanol–water partition coefficient (Wildman–Crippen LogP) is 2.79. The summed E-state index contributed by atoms with van der Waals surface area (Å²) in [5.41, 5.74) is 6.47. The zero-order chi connectivity index (χ0) is 14.2. The molecule has 2 rings (SSSR count). The summed E-state index contributed by atoms with van der Waals surface area (Å²) in [6.45, 7) is 0.834. The van der Waals surface area contributed by atoms with E-state index in [9.17, 15) is 8.78 Å². The molecule has 0 aliphatic carbocycles. The van der Waals surface area contributed by atoms with Gasteiger partial charge in [0.15, 0.2) is 0 Å². The van der Waals surface area contributed by atoms with Gasteiger partial charge in [0.25, 0.3) is 5.92 Å². The number of nitrogens with zero attached hydrogens (tertiary/aromatic N) is 2. The van der Waals surface area contributed by atoms with Crippen molar-refractivity contribution >= 4 is 5.82 Å². The van der Waals surface area contributed by atoms with Crippen LogP contribution in [0.5, 0.6) is 5.75 Å². The normalized spacial score (nSPS) is 11.6. The van der Waals surface area contributed by atoms with Crippen molar-refractivity contribution in [1.82, 2.24) is 9.78 Å². The molecular weight excluding hydrogens is 252 g/mol. The lowest BCUT2D eigenvalue weighted by Crippen LogP contribution is -2.11. The molecule has 0 saturated carbocycles. The molecule has 6 heteroatoms. The van der Waals surface area contributed by atoms with E-state index in [1.165, 1.54) is 24.1 Å². The van der Waals surface area contributed by atoms with Crippen molar-refractivity contribution < 1.29 is 13.5 Å². The number of halogens is 2. The van der Waals surface area contributed by atoms with Gasteiger partial charge >= 0.3 is 0 Å². The molecule has 0 atom stereocenters. The van der Waals surface area contributed by atoms with Crippen LogP contribution in [0.2, 0.25) is 0 Å². The highest BCUT2D eigenvalue weighted by Crippen LogP contribution is 2.42. The van der Waals surface area contributed by atoms with Crippen LogP contribution < -0.4 is 10.5 Å². The van der Waals surface area contributed by atoms with E-state index in [0.29, 0.717) is 16.9 Å². The van der Waals surface area contributed by atoms with Gasteiger partial charge in [0.2, 0.25) is 0 Å². The first kappa shape index (κ1) is 13.3. The Balaban J connectivity index is 2.74. The van der Waals surface area contributed by atoms with Crippen molar-refractivity contribution in [3.63, 3.8) is 0 Å². The summed E-state index contributed by atoms with van der Waals surface area (Å²) in [5, 5.41) is 3.98. The molecular formula is C13H15F2N3O. The highest BCUT2D eigenvalue weighted by Gasteiger charge is 2.32. The molecule has 1 aromatic carbocycles. The molecule has 1 heterocycles. The van der Waals surface area contributed by atoms with E-state index >= 15 is 0 Å². The molecule has 1 aromatic heterocycles. The number of anilines is 1. The van der Waals surface area contributed by atoms with Gasteiger partial charge in [0, 0.05) is 19.5 Å². The molecule has 0 radical (unpaired) electrons. The molecule has 0 bridgehead atoms. The fourth-order valence-electron chi connectivity index (χ4n) is 2.03. The molecule has 0 saturated heterocycles. The second-order valence-electron chi connectivity index (χ2n) is 4.34. The molecule has 2 aromatic rings. The van der Waals surface area contributed by atoms with Gasteiger partial charge in [-0.15, -0.1) is 0 Å². The largest absolute Gasteiger partial charge is 0.496 e. The van der Waals surface area contributed by atoms with Crippen LogP contribution in [0.15, 0.2) is 24.4 Å². The molecule has 4 nitrogen and oxygen atoms in total. The minimum atomic E-state index is -3.04.